The number of carbonyl (C=O) groups excluding carboxylic acids is 1. The average molecular weight is 214 g/mol. The van der Waals surface area contributed by atoms with E-state index in [0.717, 1.165) is 30.4 Å². The Morgan fingerprint density at radius 2 is 2.06 bits per heavy atom. The van der Waals surface area contributed by atoms with Gasteiger partial charge < -0.3 is 0 Å². The quantitative estimate of drug-likeness (QED) is 0.683. The van der Waals surface area contributed by atoms with Crippen molar-refractivity contribution >= 4 is 11.9 Å². The number of Topliss-reactive ketones (excluding diaryl/α,β-unsaturated/α-hetero) is 1. The predicted octanol–water partition coefficient (Wildman–Crippen LogP) is 3.85. The Labute approximate surface area is 97.2 Å². The highest BCUT2D eigenvalue weighted by Crippen LogP contribution is 2.28. The summed E-state index contributed by atoms with van der Waals surface area (Å²) in [6.07, 6.45) is 6.04. The smallest absolute Gasteiger partial charge is 0.159 e. The first-order valence-electron chi connectivity index (χ1n) is 6.08. The number of rotatable bonds is 2. The standard InChI is InChI=1S/C15H18O/c1-2-12-8-9-14(15(16)11-12)10-13-6-4-3-5-7-13/h3-7,10,12H,2,8-9,11H2,1H3. The van der Waals surface area contributed by atoms with Gasteiger partial charge in [0.05, 0.1) is 0 Å². The lowest BCUT2D eigenvalue weighted by atomic mass is 9.83. The van der Waals surface area contributed by atoms with Crippen LogP contribution in [0.1, 0.15) is 38.2 Å². The van der Waals surface area contributed by atoms with E-state index in [2.05, 4.69) is 6.92 Å². The third-order valence-corrected chi connectivity index (χ3v) is 3.37. The highest BCUT2D eigenvalue weighted by molar-refractivity contribution is 6.00. The second-order valence-electron chi connectivity index (χ2n) is 4.52. The van der Waals surface area contributed by atoms with Gasteiger partial charge in [-0.2, -0.15) is 0 Å². The van der Waals surface area contributed by atoms with Crippen LogP contribution in [0.2, 0.25) is 0 Å². The van der Waals surface area contributed by atoms with Gasteiger partial charge in [0.2, 0.25) is 0 Å². The monoisotopic (exact) mass is 214 g/mol. The van der Waals surface area contributed by atoms with Crippen LogP contribution in [0, 0.1) is 5.92 Å². The maximum atomic E-state index is 11.9. The summed E-state index contributed by atoms with van der Waals surface area (Å²) in [5.74, 6) is 0.961. The van der Waals surface area contributed by atoms with Gasteiger partial charge in [-0.05, 0) is 36.0 Å². The number of allylic oxidation sites excluding steroid dienone is 1. The molecule has 0 saturated heterocycles. The maximum Gasteiger partial charge on any atom is 0.159 e. The number of ketones is 1. The van der Waals surface area contributed by atoms with Crippen LogP contribution in [0.5, 0.6) is 0 Å². The molecule has 1 saturated carbocycles. The molecule has 1 aliphatic rings. The zero-order valence-electron chi connectivity index (χ0n) is 9.78. The van der Waals surface area contributed by atoms with E-state index in [0.29, 0.717) is 11.7 Å². The molecule has 1 atom stereocenters. The molecule has 0 heterocycles. The molecule has 0 amide bonds. The molecule has 2 rings (SSSR count). The van der Waals surface area contributed by atoms with Gasteiger partial charge >= 0.3 is 0 Å². The van der Waals surface area contributed by atoms with Gasteiger partial charge in [-0.15, -0.1) is 0 Å². The molecule has 1 unspecified atom stereocenters. The van der Waals surface area contributed by atoms with E-state index in [1.54, 1.807) is 0 Å². The molecule has 0 aromatic heterocycles. The van der Waals surface area contributed by atoms with E-state index in [4.69, 9.17) is 0 Å². The lowest BCUT2D eigenvalue weighted by Gasteiger charge is -2.21. The minimum absolute atomic E-state index is 0.349. The first-order chi connectivity index (χ1) is 7.79. The normalized spacial score (nSPS) is 23.7. The number of benzene rings is 1. The fourth-order valence-corrected chi connectivity index (χ4v) is 2.25. The van der Waals surface area contributed by atoms with Gasteiger partial charge in [-0.25, -0.2) is 0 Å². The second-order valence-corrected chi connectivity index (χ2v) is 4.52. The van der Waals surface area contributed by atoms with Crippen molar-refractivity contribution in [2.45, 2.75) is 32.6 Å². The first-order valence-corrected chi connectivity index (χ1v) is 6.08. The molecular formula is C15H18O. The van der Waals surface area contributed by atoms with Crippen molar-refractivity contribution in [1.82, 2.24) is 0 Å². The van der Waals surface area contributed by atoms with E-state index >= 15 is 0 Å². The number of carbonyl (C=O) groups is 1. The zero-order chi connectivity index (χ0) is 11.4. The van der Waals surface area contributed by atoms with Gasteiger partial charge in [0.1, 0.15) is 0 Å². The summed E-state index contributed by atoms with van der Waals surface area (Å²) < 4.78 is 0. The van der Waals surface area contributed by atoms with Gasteiger partial charge in [-0.3, -0.25) is 4.79 Å². The minimum Gasteiger partial charge on any atom is -0.295 e. The summed E-state index contributed by atoms with van der Waals surface area (Å²) in [4.78, 5) is 11.9. The third kappa shape index (κ3) is 2.60. The lowest BCUT2D eigenvalue weighted by Crippen LogP contribution is -2.16. The van der Waals surface area contributed by atoms with Crippen molar-refractivity contribution in [3.05, 3.63) is 41.5 Å². The molecule has 84 valence electrons. The fraction of sp³-hybridized carbons (Fsp3) is 0.400. The molecule has 1 aromatic rings. The van der Waals surface area contributed by atoms with Crippen LogP contribution in [0.15, 0.2) is 35.9 Å². The van der Waals surface area contributed by atoms with Gasteiger partial charge in [0.25, 0.3) is 0 Å². The maximum absolute atomic E-state index is 11.9. The third-order valence-electron chi connectivity index (χ3n) is 3.37. The van der Waals surface area contributed by atoms with E-state index in [-0.39, 0.29) is 0 Å². The van der Waals surface area contributed by atoms with Crippen molar-refractivity contribution in [2.24, 2.45) is 5.92 Å². The van der Waals surface area contributed by atoms with Crippen LogP contribution in [0.4, 0.5) is 0 Å². The Morgan fingerprint density at radius 3 is 2.69 bits per heavy atom. The van der Waals surface area contributed by atoms with Crippen LogP contribution in [0.25, 0.3) is 6.08 Å². The Bertz CT molecular complexity index is 389. The SMILES string of the molecule is CCC1CCC(=Cc2ccccc2)C(=O)C1. The van der Waals surface area contributed by atoms with Gasteiger partial charge in [0.15, 0.2) is 5.78 Å². The topological polar surface area (TPSA) is 17.1 Å². The minimum atomic E-state index is 0.349. The van der Waals surface area contributed by atoms with E-state index in [9.17, 15) is 4.79 Å². The molecular weight excluding hydrogens is 196 g/mol. The Kier molecular flexibility index (Phi) is 3.55. The molecule has 0 bridgehead atoms. The molecule has 1 aromatic carbocycles. The van der Waals surface area contributed by atoms with Crippen molar-refractivity contribution in [3.8, 4) is 0 Å². The molecule has 16 heavy (non-hydrogen) atoms. The van der Waals surface area contributed by atoms with Crippen molar-refractivity contribution in [2.75, 3.05) is 0 Å². The summed E-state index contributed by atoms with van der Waals surface area (Å²) in [6.45, 7) is 2.17. The summed E-state index contributed by atoms with van der Waals surface area (Å²) in [7, 11) is 0. The first kappa shape index (κ1) is 11.1. The number of hydrogen-bond donors (Lipinski definition) is 0. The molecule has 0 spiro atoms. The predicted molar refractivity (Wildman–Crippen MR) is 67.1 cm³/mol. The van der Waals surface area contributed by atoms with Crippen molar-refractivity contribution in [3.63, 3.8) is 0 Å². The van der Waals surface area contributed by atoms with Crippen molar-refractivity contribution < 1.29 is 4.79 Å². The lowest BCUT2D eigenvalue weighted by molar-refractivity contribution is -0.117. The average Bonchev–Trinajstić information content (AvgIpc) is 2.33. The van der Waals surface area contributed by atoms with Crippen LogP contribution < -0.4 is 0 Å². The molecule has 1 fully saturated rings. The highest BCUT2D eigenvalue weighted by atomic mass is 16.1. The Morgan fingerprint density at radius 1 is 1.31 bits per heavy atom. The molecule has 1 aliphatic carbocycles. The molecule has 1 nitrogen and oxygen atoms in total. The van der Waals surface area contributed by atoms with Crippen LogP contribution >= 0.6 is 0 Å². The van der Waals surface area contributed by atoms with Gasteiger partial charge in [0, 0.05) is 6.42 Å². The van der Waals surface area contributed by atoms with Crippen LogP contribution in [-0.4, -0.2) is 5.78 Å². The Balaban J connectivity index is 2.12. The number of hydrogen-bond acceptors (Lipinski definition) is 1. The van der Waals surface area contributed by atoms with Crippen LogP contribution in [0.3, 0.4) is 0 Å². The van der Waals surface area contributed by atoms with E-state index in [1.165, 1.54) is 6.42 Å². The second kappa shape index (κ2) is 5.11. The molecule has 0 aliphatic heterocycles. The molecule has 1 heteroatoms. The van der Waals surface area contributed by atoms with E-state index in [1.807, 2.05) is 36.4 Å². The van der Waals surface area contributed by atoms with Crippen molar-refractivity contribution in [1.29, 1.82) is 0 Å². The largest absolute Gasteiger partial charge is 0.295 e. The molecule has 0 N–H and O–H groups in total. The zero-order valence-corrected chi connectivity index (χ0v) is 9.78. The summed E-state index contributed by atoms with van der Waals surface area (Å²) >= 11 is 0. The molecule has 0 radical (unpaired) electrons. The Hall–Kier alpha value is -1.37. The highest BCUT2D eigenvalue weighted by Gasteiger charge is 2.21. The summed E-state index contributed by atoms with van der Waals surface area (Å²) in [5.41, 5.74) is 2.15. The summed E-state index contributed by atoms with van der Waals surface area (Å²) in [6, 6.07) is 10.1. The van der Waals surface area contributed by atoms with Crippen LogP contribution in [-0.2, 0) is 4.79 Å². The fourth-order valence-electron chi connectivity index (χ4n) is 2.25. The van der Waals surface area contributed by atoms with E-state index < -0.39 is 0 Å². The van der Waals surface area contributed by atoms with Gasteiger partial charge in [-0.1, -0.05) is 43.7 Å². The summed E-state index contributed by atoms with van der Waals surface area (Å²) in [5, 5.41) is 0.